The van der Waals surface area contributed by atoms with Gasteiger partial charge in [0.15, 0.2) is 0 Å². The Hall–Kier alpha value is -5.67. The molecular formula is C40H26N2O. The predicted molar refractivity (Wildman–Crippen MR) is 179 cm³/mol. The number of aromatic nitrogens is 1. The van der Waals surface area contributed by atoms with Crippen LogP contribution in [0.25, 0.3) is 72.1 Å². The van der Waals surface area contributed by atoms with Gasteiger partial charge in [-0.3, -0.25) is 0 Å². The quantitative estimate of drug-likeness (QED) is 0.222. The Bertz CT molecular complexity index is 2380. The molecule has 0 amide bonds. The second-order valence-electron chi connectivity index (χ2n) is 11.2. The van der Waals surface area contributed by atoms with E-state index in [2.05, 4.69) is 139 Å². The second kappa shape index (κ2) is 9.43. The van der Waals surface area contributed by atoms with Crippen LogP contribution < -0.4 is 5.32 Å². The predicted octanol–water partition coefficient (Wildman–Crippen LogP) is 10.8. The van der Waals surface area contributed by atoms with E-state index in [9.17, 15) is 0 Å². The maximum Gasteiger partial charge on any atom is 0.143 e. The van der Waals surface area contributed by atoms with E-state index in [4.69, 9.17) is 9.40 Å². The van der Waals surface area contributed by atoms with Gasteiger partial charge in [0.1, 0.15) is 11.2 Å². The van der Waals surface area contributed by atoms with Gasteiger partial charge in [-0.25, -0.2) is 4.98 Å². The van der Waals surface area contributed by atoms with Crippen molar-refractivity contribution in [3.8, 4) is 22.3 Å². The number of fused-ring (bicyclic) bond motifs is 7. The number of nitrogens with zero attached hydrogens (tertiary/aromatic N) is 1. The fourth-order valence-corrected chi connectivity index (χ4v) is 6.65. The Kier molecular flexibility index (Phi) is 5.26. The maximum atomic E-state index is 6.36. The third-order valence-corrected chi connectivity index (χ3v) is 8.68. The van der Waals surface area contributed by atoms with Crippen LogP contribution >= 0.6 is 0 Å². The van der Waals surface area contributed by atoms with Crippen LogP contribution in [0.1, 0.15) is 17.2 Å². The number of pyridine rings is 1. The van der Waals surface area contributed by atoms with Crippen molar-refractivity contribution in [2.24, 2.45) is 0 Å². The first-order valence-electron chi connectivity index (χ1n) is 14.7. The van der Waals surface area contributed by atoms with E-state index >= 15 is 0 Å². The van der Waals surface area contributed by atoms with Crippen LogP contribution in [0, 0.1) is 0 Å². The standard InChI is InChI=1S/C40H26N2O/c1-2-10-25(11-3-1)37-32-15-4-6-18-35(32)42-39-33(37)22-20-26-21-23-34(41-38(26)39)28-13-8-12-27(24-28)29-16-9-17-31-30-14-5-7-19-36(30)43-40(29)31/h1-24,34,41H. The molecule has 0 saturated carbocycles. The minimum Gasteiger partial charge on any atom is -0.455 e. The molecule has 0 fully saturated rings. The van der Waals surface area contributed by atoms with E-state index in [1.807, 2.05) is 12.1 Å². The first-order valence-corrected chi connectivity index (χ1v) is 14.7. The molecule has 6 aromatic carbocycles. The number of hydrogen-bond acceptors (Lipinski definition) is 3. The lowest BCUT2D eigenvalue weighted by molar-refractivity contribution is 0.670. The third kappa shape index (κ3) is 3.79. The van der Waals surface area contributed by atoms with Crippen molar-refractivity contribution in [3.05, 3.63) is 151 Å². The van der Waals surface area contributed by atoms with Crippen molar-refractivity contribution in [1.29, 1.82) is 0 Å². The Labute approximate surface area is 248 Å². The monoisotopic (exact) mass is 550 g/mol. The average molecular weight is 551 g/mol. The number of benzene rings is 6. The molecule has 1 aliphatic rings. The van der Waals surface area contributed by atoms with Crippen LogP contribution in [0.2, 0.25) is 0 Å². The molecule has 0 radical (unpaired) electrons. The molecular weight excluding hydrogens is 524 g/mol. The van der Waals surface area contributed by atoms with Gasteiger partial charge in [0.05, 0.1) is 22.8 Å². The smallest absolute Gasteiger partial charge is 0.143 e. The van der Waals surface area contributed by atoms with E-state index < -0.39 is 0 Å². The van der Waals surface area contributed by atoms with Gasteiger partial charge in [0.25, 0.3) is 0 Å². The maximum absolute atomic E-state index is 6.36. The molecule has 3 heterocycles. The molecule has 8 aromatic rings. The number of rotatable bonds is 3. The normalized spacial score (nSPS) is 14.4. The molecule has 1 atom stereocenters. The van der Waals surface area contributed by atoms with Crippen molar-refractivity contribution in [3.63, 3.8) is 0 Å². The lowest BCUT2D eigenvalue weighted by atomic mass is 9.92. The highest BCUT2D eigenvalue weighted by Crippen LogP contribution is 2.42. The van der Waals surface area contributed by atoms with Crippen LogP contribution in [-0.2, 0) is 0 Å². The van der Waals surface area contributed by atoms with E-state index in [0.717, 1.165) is 66.1 Å². The van der Waals surface area contributed by atoms with Crippen molar-refractivity contribution >= 4 is 55.5 Å². The second-order valence-corrected chi connectivity index (χ2v) is 11.2. The van der Waals surface area contributed by atoms with Gasteiger partial charge in [0, 0.05) is 32.7 Å². The Morgan fingerprint density at radius 1 is 0.605 bits per heavy atom. The van der Waals surface area contributed by atoms with Crippen molar-refractivity contribution < 1.29 is 4.42 Å². The number of anilines is 1. The third-order valence-electron chi connectivity index (χ3n) is 8.68. The summed E-state index contributed by atoms with van der Waals surface area (Å²) in [6.07, 6.45) is 4.47. The Morgan fingerprint density at radius 2 is 1.37 bits per heavy atom. The number of hydrogen-bond donors (Lipinski definition) is 1. The van der Waals surface area contributed by atoms with Crippen molar-refractivity contribution in [2.75, 3.05) is 5.32 Å². The van der Waals surface area contributed by atoms with Crippen molar-refractivity contribution in [1.82, 2.24) is 4.98 Å². The van der Waals surface area contributed by atoms with E-state index in [-0.39, 0.29) is 6.04 Å². The van der Waals surface area contributed by atoms with Gasteiger partial charge in [-0.05, 0) is 40.5 Å². The van der Waals surface area contributed by atoms with E-state index in [1.165, 1.54) is 16.7 Å². The molecule has 0 bridgehead atoms. The molecule has 202 valence electrons. The molecule has 9 rings (SSSR count). The molecule has 0 aliphatic carbocycles. The van der Waals surface area contributed by atoms with Crippen LogP contribution in [0.3, 0.4) is 0 Å². The summed E-state index contributed by atoms with van der Waals surface area (Å²) in [6.45, 7) is 0. The summed E-state index contributed by atoms with van der Waals surface area (Å²) in [4.78, 5) is 5.22. The van der Waals surface area contributed by atoms with Gasteiger partial charge in [-0.2, -0.15) is 0 Å². The summed E-state index contributed by atoms with van der Waals surface area (Å²) in [5, 5.41) is 8.46. The first kappa shape index (κ1) is 24.0. The fraction of sp³-hybridized carbons (Fsp3) is 0.0250. The molecule has 0 spiro atoms. The van der Waals surface area contributed by atoms with E-state index in [1.54, 1.807) is 0 Å². The summed E-state index contributed by atoms with van der Waals surface area (Å²) in [7, 11) is 0. The molecule has 1 aliphatic heterocycles. The minimum absolute atomic E-state index is 0.00127. The number of nitrogens with one attached hydrogen (secondary N) is 1. The topological polar surface area (TPSA) is 38.1 Å². The summed E-state index contributed by atoms with van der Waals surface area (Å²) >= 11 is 0. The lowest BCUT2D eigenvalue weighted by Crippen LogP contribution is -2.13. The molecule has 43 heavy (non-hydrogen) atoms. The summed E-state index contributed by atoms with van der Waals surface area (Å²) < 4.78 is 6.36. The summed E-state index contributed by atoms with van der Waals surface area (Å²) in [6, 6.07) is 46.9. The van der Waals surface area contributed by atoms with Crippen LogP contribution in [0.5, 0.6) is 0 Å². The van der Waals surface area contributed by atoms with Gasteiger partial charge in [-0.15, -0.1) is 0 Å². The zero-order valence-electron chi connectivity index (χ0n) is 23.3. The molecule has 3 heteroatoms. The zero-order chi connectivity index (χ0) is 28.3. The molecule has 1 unspecified atom stereocenters. The highest BCUT2D eigenvalue weighted by Gasteiger charge is 2.21. The lowest BCUT2D eigenvalue weighted by Gasteiger charge is -2.25. The molecule has 3 nitrogen and oxygen atoms in total. The summed E-state index contributed by atoms with van der Waals surface area (Å²) in [5.74, 6) is 0. The number of para-hydroxylation sites is 3. The highest BCUT2D eigenvalue weighted by atomic mass is 16.3. The molecule has 1 N–H and O–H groups in total. The van der Waals surface area contributed by atoms with Gasteiger partial charge in [-0.1, -0.05) is 127 Å². The SMILES string of the molecule is C1=CC(c2cccc(-c3cccc4c3oc3ccccc34)c2)Nc2c1ccc1c(-c3ccccc3)c3ccccc3nc21. The largest absolute Gasteiger partial charge is 0.455 e. The Balaban J connectivity index is 1.17. The fourth-order valence-electron chi connectivity index (χ4n) is 6.65. The van der Waals surface area contributed by atoms with Crippen LogP contribution in [0.15, 0.2) is 144 Å². The molecule has 0 saturated heterocycles. The highest BCUT2D eigenvalue weighted by molar-refractivity contribution is 6.13. The van der Waals surface area contributed by atoms with Crippen molar-refractivity contribution in [2.45, 2.75) is 6.04 Å². The van der Waals surface area contributed by atoms with Crippen LogP contribution in [0.4, 0.5) is 5.69 Å². The van der Waals surface area contributed by atoms with Crippen LogP contribution in [-0.4, -0.2) is 4.98 Å². The first-order chi connectivity index (χ1) is 21.3. The van der Waals surface area contributed by atoms with Gasteiger partial charge in [0.2, 0.25) is 0 Å². The molecule has 2 aromatic heterocycles. The average Bonchev–Trinajstić information content (AvgIpc) is 3.46. The van der Waals surface area contributed by atoms with Gasteiger partial charge >= 0.3 is 0 Å². The van der Waals surface area contributed by atoms with E-state index in [0.29, 0.717) is 0 Å². The van der Waals surface area contributed by atoms with Gasteiger partial charge < -0.3 is 9.73 Å². The summed E-state index contributed by atoms with van der Waals surface area (Å²) in [5.41, 5.74) is 11.9. The Morgan fingerprint density at radius 3 is 2.30 bits per heavy atom. The zero-order valence-corrected chi connectivity index (χ0v) is 23.3. The number of furan rings is 1. The minimum atomic E-state index is 0.00127.